The van der Waals surface area contributed by atoms with Crippen molar-refractivity contribution in [1.29, 1.82) is 0 Å². The number of amides is 1. The number of benzene rings is 1. The van der Waals surface area contributed by atoms with Crippen molar-refractivity contribution >= 4 is 17.6 Å². The van der Waals surface area contributed by atoms with E-state index < -0.39 is 22.8 Å². The highest BCUT2D eigenvalue weighted by atomic mass is 16.6. The lowest BCUT2D eigenvalue weighted by molar-refractivity contribution is -0.385. The van der Waals surface area contributed by atoms with Crippen molar-refractivity contribution in [3.05, 3.63) is 52.1 Å². The van der Waals surface area contributed by atoms with Crippen molar-refractivity contribution in [1.82, 2.24) is 5.32 Å². The fourth-order valence-electron chi connectivity index (χ4n) is 1.69. The zero-order valence-corrected chi connectivity index (χ0v) is 10.8. The number of nitrogens with one attached hydrogen (secondary N) is 1. The van der Waals surface area contributed by atoms with Gasteiger partial charge in [-0.3, -0.25) is 14.9 Å². The van der Waals surface area contributed by atoms with Gasteiger partial charge in [-0.15, -0.1) is 6.58 Å². The van der Waals surface area contributed by atoms with Gasteiger partial charge >= 0.3 is 5.97 Å². The summed E-state index contributed by atoms with van der Waals surface area (Å²) in [5, 5.41) is 22.0. The van der Waals surface area contributed by atoms with Gasteiger partial charge in [0.2, 0.25) is 0 Å². The molecular formula is C13H14N2O5. The summed E-state index contributed by atoms with van der Waals surface area (Å²) in [6, 6.07) is 2.96. The van der Waals surface area contributed by atoms with E-state index in [4.69, 9.17) is 5.11 Å². The number of nitro groups is 1. The topological polar surface area (TPSA) is 110 Å². The van der Waals surface area contributed by atoms with E-state index in [9.17, 15) is 19.7 Å². The quantitative estimate of drug-likeness (QED) is 0.467. The van der Waals surface area contributed by atoms with Crippen LogP contribution in [-0.4, -0.2) is 27.9 Å². The van der Waals surface area contributed by atoms with Gasteiger partial charge in [0.25, 0.3) is 11.6 Å². The molecule has 1 amide bonds. The van der Waals surface area contributed by atoms with Gasteiger partial charge in [-0.25, -0.2) is 4.79 Å². The van der Waals surface area contributed by atoms with Crippen LogP contribution in [0.3, 0.4) is 0 Å². The lowest BCUT2D eigenvalue weighted by Crippen LogP contribution is -2.40. The van der Waals surface area contributed by atoms with Gasteiger partial charge in [-0.05, 0) is 19.4 Å². The molecule has 0 aliphatic carbocycles. The molecule has 0 aliphatic rings. The minimum Gasteiger partial charge on any atom is -0.480 e. The second-order valence-electron chi connectivity index (χ2n) is 4.10. The van der Waals surface area contributed by atoms with E-state index in [1.165, 1.54) is 31.2 Å². The Kier molecular flexibility index (Phi) is 4.96. The average molecular weight is 278 g/mol. The van der Waals surface area contributed by atoms with Crippen LogP contribution in [-0.2, 0) is 4.79 Å². The molecule has 1 atom stereocenters. The number of nitro benzene ring substituents is 1. The van der Waals surface area contributed by atoms with Crippen LogP contribution in [0.2, 0.25) is 0 Å². The third-order valence-electron chi connectivity index (χ3n) is 2.75. The monoisotopic (exact) mass is 278 g/mol. The highest BCUT2D eigenvalue weighted by Gasteiger charge is 2.22. The molecule has 0 aromatic heterocycles. The van der Waals surface area contributed by atoms with Crippen LogP contribution in [0.4, 0.5) is 5.69 Å². The molecule has 0 spiro atoms. The van der Waals surface area contributed by atoms with Crippen LogP contribution in [0.1, 0.15) is 22.3 Å². The molecule has 2 N–H and O–H groups in total. The summed E-state index contributed by atoms with van der Waals surface area (Å²) >= 11 is 0. The fourth-order valence-corrected chi connectivity index (χ4v) is 1.69. The number of rotatable bonds is 6. The molecular weight excluding hydrogens is 264 g/mol. The Morgan fingerprint density at radius 1 is 1.55 bits per heavy atom. The molecule has 106 valence electrons. The Morgan fingerprint density at radius 2 is 2.20 bits per heavy atom. The summed E-state index contributed by atoms with van der Waals surface area (Å²) < 4.78 is 0. The minimum absolute atomic E-state index is 0.0645. The number of carbonyl (C=O) groups is 2. The molecule has 7 nitrogen and oxygen atoms in total. The Balaban J connectivity index is 3.03. The number of carbonyl (C=O) groups excluding carboxylic acids is 1. The molecule has 1 unspecified atom stereocenters. The van der Waals surface area contributed by atoms with Crippen molar-refractivity contribution in [3.63, 3.8) is 0 Å². The number of nitrogens with zero attached hydrogens (tertiary/aromatic N) is 1. The fraction of sp³-hybridized carbons (Fsp3) is 0.231. The van der Waals surface area contributed by atoms with Crippen molar-refractivity contribution in [3.8, 4) is 0 Å². The Labute approximate surface area is 115 Å². The van der Waals surface area contributed by atoms with Crippen LogP contribution in [0.25, 0.3) is 0 Å². The molecule has 7 heteroatoms. The highest BCUT2D eigenvalue weighted by Crippen LogP contribution is 2.21. The SMILES string of the molecule is C=CCC(NC(=O)c1cccc([N+](=O)[O-])c1C)C(=O)O. The van der Waals surface area contributed by atoms with Crippen LogP contribution >= 0.6 is 0 Å². The van der Waals surface area contributed by atoms with Crippen molar-refractivity contribution < 1.29 is 19.6 Å². The molecule has 1 aromatic carbocycles. The third-order valence-corrected chi connectivity index (χ3v) is 2.75. The predicted molar refractivity (Wildman–Crippen MR) is 71.5 cm³/mol. The van der Waals surface area contributed by atoms with E-state index in [0.717, 1.165) is 0 Å². The second kappa shape index (κ2) is 6.46. The van der Waals surface area contributed by atoms with Crippen molar-refractivity contribution in [2.45, 2.75) is 19.4 Å². The lowest BCUT2D eigenvalue weighted by Gasteiger charge is -2.13. The summed E-state index contributed by atoms with van der Waals surface area (Å²) in [6.45, 7) is 4.85. The predicted octanol–water partition coefficient (Wildman–Crippen LogP) is 1.66. The van der Waals surface area contributed by atoms with Gasteiger partial charge in [0, 0.05) is 17.2 Å². The summed E-state index contributed by atoms with van der Waals surface area (Å²) in [6.07, 6.45) is 1.44. The zero-order chi connectivity index (χ0) is 15.3. The first-order chi connectivity index (χ1) is 9.38. The van der Waals surface area contributed by atoms with Gasteiger partial charge in [-0.2, -0.15) is 0 Å². The minimum atomic E-state index is -1.19. The van der Waals surface area contributed by atoms with E-state index in [0.29, 0.717) is 0 Å². The average Bonchev–Trinajstić information content (AvgIpc) is 2.37. The first-order valence-electron chi connectivity index (χ1n) is 5.77. The molecule has 0 fully saturated rings. The number of carboxylic acids is 1. The summed E-state index contributed by atoms with van der Waals surface area (Å²) in [4.78, 5) is 33.1. The molecule has 0 radical (unpaired) electrons. The van der Waals surface area contributed by atoms with Gasteiger partial charge in [-0.1, -0.05) is 12.1 Å². The summed E-state index contributed by atoms with van der Waals surface area (Å²) in [5.41, 5.74) is 0.0838. The van der Waals surface area contributed by atoms with E-state index in [1.54, 1.807) is 0 Å². The van der Waals surface area contributed by atoms with Gasteiger partial charge in [0.05, 0.1) is 4.92 Å². The highest BCUT2D eigenvalue weighted by molar-refractivity contribution is 5.98. The molecule has 0 aliphatic heterocycles. The normalized spacial score (nSPS) is 11.4. The Hall–Kier alpha value is -2.70. The number of aliphatic carboxylic acids is 1. The molecule has 1 aromatic rings. The van der Waals surface area contributed by atoms with Gasteiger partial charge in [0.15, 0.2) is 0 Å². The van der Waals surface area contributed by atoms with Gasteiger partial charge < -0.3 is 10.4 Å². The van der Waals surface area contributed by atoms with Crippen LogP contribution < -0.4 is 5.32 Å². The molecule has 0 heterocycles. The lowest BCUT2D eigenvalue weighted by atomic mass is 10.1. The number of hydrogen-bond donors (Lipinski definition) is 2. The third kappa shape index (κ3) is 3.41. The standard InChI is InChI=1S/C13H14N2O5/c1-3-5-10(13(17)18)14-12(16)9-6-4-7-11(8(9)2)15(19)20/h3-4,6-7,10H,1,5H2,2H3,(H,14,16)(H,17,18). The molecule has 1 rings (SSSR count). The first-order valence-corrected chi connectivity index (χ1v) is 5.77. The van der Waals surface area contributed by atoms with Crippen LogP contribution in [0, 0.1) is 17.0 Å². The van der Waals surface area contributed by atoms with Gasteiger partial charge in [0.1, 0.15) is 6.04 Å². The molecule has 0 saturated carbocycles. The first kappa shape index (κ1) is 15.4. The maximum absolute atomic E-state index is 12.0. The van der Waals surface area contributed by atoms with E-state index in [2.05, 4.69) is 11.9 Å². The summed E-state index contributed by atoms with van der Waals surface area (Å²) in [7, 11) is 0. The largest absolute Gasteiger partial charge is 0.480 e. The molecule has 0 bridgehead atoms. The Bertz CT molecular complexity index is 568. The summed E-state index contributed by atoms with van der Waals surface area (Å²) in [5.74, 6) is -1.86. The second-order valence-corrected chi connectivity index (χ2v) is 4.10. The zero-order valence-electron chi connectivity index (χ0n) is 10.8. The Morgan fingerprint density at radius 3 is 2.70 bits per heavy atom. The molecule has 0 saturated heterocycles. The van der Waals surface area contributed by atoms with Crippen LogP contribution in [0.5, 0.6) is 0 Å². The molecule has 20 heavy (non-hydrogen) atoms. The van der Waals surface area contributed by atoms with E-state index in [1.807, 2.05) is 0 Å². The maximum atomic E-state index is 12.0. The maximum Gasteiger partial charge on any atom is 0.326 e. The number of hydrogen-bond acceptors (Lipinski definition) is 4. The van der Waals surface area contributed by atoms with Crippen molar-refractivity contribution in [2.24, 2.45) is 0 Å². The van der Waals surface area contributed by atoms with Crippen molar-refractivity contribution in [2.75, 3.05) is 0 Å². The number of carboxylic acid groups (broad SMARTS) is 1. The van der Waals surface area contributed by atoms with E-state index in [-0.39, 0.29) is 23.2 Å². The van der Waals surface area contributed by atoms with Crippen LogP contribution in [0.15, 0.2) is 30.9 Å². The van der Waals surface area contributed by atoms with E-state index >= 15 is 0 Å². The smallest absolute Gasteiger partial charge is 0.326 e.